The third kappa shape index (κ3) is 5.70. The lowest BCUT2D eigenvalue weighted by molar-refractivity contribution is -0.124. The van der Waals surface area contributed by atoms with E-state index >= 15 is 0 Å². The Morgan fingerprint density at radius 3 is 2.53 bits per heavy atom. The molecule has 0 spiro atoms. The summed E-state index contributed by atoms with van der Waals surface area (Å²) in [7, 11) is 1.56. The predicted octanol–water partition coefficient (Wildman–Crippen LogP) is 4.31. The molecule has 1 aliphatic heterocycles. The molecule has 2 N–H and O–H groups in total. The van der Waals surface area contributed by atoms with Crippen molar-refractivity contribution in [1.82, 2.24) is 19.6 Å². The van der Waals surface area contributed by atoms with E-state index in [1.165, 1.54) is 6.20 Å². The van der Waals surface area contributed by atoms with Gasteiger partial charge in [0.1, 0.15) is 24.2 Å². The van der Waals surface area contributed by atoms with Crippen LogP contribution in [0.15, 0.2) is 55.1 Å². The highest BCUT2D eigenvalue weighted by Gasteiger charge is 2.50. The van der Waals surface area contributed by atoms with E-state index in [9.17, 15) is 15.2 Å². The first-order valence-corrected chi connectivity index (χ1v) is 14.3. The van der Waals surface area contributed by atoms with Crippen molar-refractivity contribution in [3.05, 3.63) is 60.7 Å². The number of aliphatic hydroxyl groups is 1. The molecule has 1 saturated carbocycles. The molecule has 0 aromatic carbocycles. The molecule has 1 aliphatic carbocycles. The van der Waals surface area contributed by atoms with Gasteiger partial charge in [0.15, 0.2) is 0 Å². The number of anilines is 2. The number of carbonyl (C=O) groups excluding carboxylic acids is 1. The highest BCUT2D eigenvalue weighted by Crippen LogP contribution is 2.50. The van der Waals surface area contributed by atoms with E-state index in [0.717, 1.165) is 42.9 Å². The minimum Gasteiger partial charge on any atom is -0.489 e. The molecule has 2 aliphatic rings. The first-order chi connectivity index (χ1) is 20.5. The van der Waals surface area contributed by atoms with Crippen molar-refractivity contribution < 1.29 is 19.4 Å². The van der Waals surface area contributed by atoms with E-state index in [0.29, 0.717) is 40.2 Å². The first-order valence-electron chi connectivity index (χ1n) is 14.3. The van der Waals surface area contributed by atoms with E-state index in [1.807, 2.05) is 24.4 Å². The largest absolute Gasteiger partial charge is 0.489 e. The summed E-state index contributed by atoms with van der Waals surface area (Å²) in [5.74, 6) is 2.76. The van der Waals surface area contributed by atoms with E-state index in [-0.39, 0.29) is 12.5 Å². The fraction of sp³-hybridized carbons (Fsp3) is 0.406. The van der Waals surface area contributed by atoms with E-state index in [1.54, 1.807) is 50.0 Å². The number of ether oxygens (including phenoxy) is 2. The first kappa shape index (κ1) is 28.4. The molecule has 6 rings (SSSR count). The number of carbonyl (C=O) groups is 1. The Balaban J connectivity index is 1.15. The number of methoxy groups -OCH3 is 1. The molecular weight excluding hydrogens is 546 g/mol. The van der Waals surface area contributed by atoms with E-state index in [2.05, 4.69) is 33.3 Å². The Labute approximate surface area is 250 Å². The maximum atomic E-state index is 13.2. The van der Waals surface area contributed by atoms with Crippen molar-refractivity contribution in [2.45, 2.75) is 39.2 Å². The van der Waals surface area contributed by atoms with Crippen LogP contribution in [0.1, 0.15) is 39.2 Å². The van der Waals surface area contributed by atoms with Gasteiger partial charge in [-0.25, -0.2) is 14.5 Å². The third-order valence-corrected chi connectivity index (χ3v) is 8.44. The fourth-order valence-electron chi connectivity index (χ4n) is 6.34. The molecule has 11 nitrogen and oxygen atoms in total. The van der Waals surface area contributed by atoms with Crippen molar-refractivity contribution in [3.8, 4) is 28.8 Å². The second-order valence-electron chi connectivity index (χ2n) is 12.5. The maximum absolute atomic E-state index is 13.2. The average molecular weight is 582 g/mol. The molecule has 43 heavy (non-hydrogen) atoms. The second-order valence-corrected chi connectivity index (χ2v) is 12.5. The van der Waals surface area contributed by atoms with Gasteiger partial charge in [-0.3, -0.25) is 4.79 Å². The van der Waals surface area contributed by atoms with E-state index < -0.39 is 11.0 Å². The highest BCUT2D eigenvalue weighted by atomic mass is 16.5. The van der Waals surface area contributed by atoms with Crippen LogP contribution < -0.4 is 19.7 Å². The van der Waals surface area contributed by atoms with Crippen LogP contribution in [0.25, 0.3) is 16.6 Å². The van der Waals surface area contributed by atoms with Gasteiger partial charge in [-0.05, 0) is 62.8 Å². The van der Waals surface area contributed by atoms with Gasteiger partial charge in [0.2, 0.25) is 11.8 Å². The zero-order valence-corrected chi connectivity index (χ0v) is 24.7. The number of nitriles is 1. The monoisotopic (exact) mass is 581 g/mol. The number of nitrogens with one attached hydrogen (secondary N) is 1. The van der Waals surface area contributed by atoms with Crippen LogP contribution in [0.5, 0.6) is 11.6 Å². The van der Waals surface area contributed by atoms with Crippen LogP contribution in [-0.4, -0.2) is 63.0 Å². The van der Waals surface area contributed by atoms with Crippen molar-refractivity contribution in [3.63, 3.8) is 0 Å². The molecule has 0 radical (unpaired) electrons. The highest BCUT2D eigenvalue weighted by molar-refractivity contribution is 5.95. The number of rotatable bonds is 8. The Morgan fingerprint density at radius 2 is 1.93 bits per heavy atom. The topological polar surface area (TPSA) is 138 Å². The molecule has 2 fully saturated rings. The van der Waals surface area contributed by atoms with Gasteiger partial charge in [-0.1, -0.05) is 6.92 Å². The summed E-state index contributed by atoms with van der Waals surface area (Å²) < 4.78 is 12.6. The van der Waals surface area contributed by atoms with Crippen molar-refractivity contribution in [2.75, 3.05) is 37.0 Å². The molecule has 222 valence electrons. The summed E-state index contributed by atoms with van der Waals surface area (Å²) >= 11 is 0. The fourth-order valence-corrected chi connectivity index (χ4v) is 6.34. The second kappa shape index (κ2) is 10.9. The smallest absolute Gasteiger partial charge is 0.230 e. The zero-order valence-electron chi connectivity index (χ0n) is 24.7. The van der Waals surface area contributed by atoms with Gasteiger partial charge < -0.3 is 24.8 Å². The zero-order chi connectivity index (χ0) is 30.4. The number of fused-ring (bicyclic) bond motifs is 2. The van der Waals surface area contributed by atoms with Crippen LogP contribution in [0.3, 0.4) is 0 Å². The Hall–Kier alpha value is -4.69. The van der Waals surface area contributed by atoms with Crippen LogP contribution >= 0.6 is 0 Å². The molecule has 11 heteroatoms. The van der Waals surface area contributed by atoms with Gasteiger partial charge in [0.25, 0.3) is 0 Å². The summed E-state index contributed by atoms with van der Waals surface area (Å²) in [5, 5.41) is 27.2. The lowest BCUT2D eigenvalue weighted by Crippen LogP contribution is -2.34. The van der Waals surface area contributed by atoms with Crippen molar-refractivity contribution in [2.24, 2.45) is 17.3 Å². The molecule has 1 saturated heterocycles. The lowest BCUT2D eigenvalue weighted by atomic mass is 9.85. The van der Waals surface area contributed by atoms with Gasteiger partial charge in [-0.15, -0.1) is 0 Å². The van der Waals surface area contributed by atoms with Gasteiger partial charge >= 0.3 is 0 Å². The van der Waals surface area contributed by atoms with Crippen molar-refractivity contribution in [1.29, 1.82) is 5.26 Å². The number of pyridine rings is 3. The third-order valence-electron chi connectivity index (χ3n) is 8.44. The van der Waals surface area contributed by atoms with Crippen LogP contribution in [0.4, 0.5) is 11.5 Å². The van der Waals surface area contributed by atoms with Gasteiger partial charge in [0, 0.05) is 41.9 Å². The molecule has 1 amide bonds. The van der Waals surface area contributed by atoms with Crippen molar-refractivity contribution >= 4 is 22.9 Å². The molecule has 4 aromatic heterocycles. The Bertz CT molecular complexity index is 1670. The van der Waals surface area contributed by atoms with Crippen LogP contribution in [0, 0.1) is 28.6 Å². The van der Waals surface area contributed by atoms with Gasteiger partial charge in [0.05, 0.1) is 48.1 Å². The van der Waals surface area contributed by atoms with Crippen LogP contribution in [-0.2, 0) is 4.79 Å². The average Bonchev–Trinajstić information content (AvgIpc) is 3.67. The molecule has 4 aromatic rings. The Kier molecular flexibility index (Phi) is 7.18. The van der Waals surface area contributed by atoms with E-state index in [4.69, 9.17) is 14.5 Å². The SMILES string of the molecule is COc1ccc(NC(=O)[C@@]2(C)C[C@H]3CN(c4ccc(-c5cc(OCC(C)(C)O)cn6ncc(C#N)c56)cn4)C[C@H]3C2)cn1. The maximum Gasteiger partial charge on any atom is 0.230 e. The molecule has 0 unspecified atom stereocenters. The Morgan fingerprint density at radius 1 is 1.16 bits per heavy atom. The minimum atomic E-state index is -0.996. The normalized spacial score (nSPS) is 21.4. The lowest BCUT2D eigenvalue weighted by Gasteiger charge is -2.26. The summed E-state index contributed by atoms with van der Waals surface area (Å²) in [6.45, 7) is 7.21. The molecule has 0 bridgehead atoms. The summed E-state index contributed by atoms with van der Waals surface area (Å²) in [6, 6.07) is 11.6. The number of aromatic nitrogens is 4. The number of nitrogens with zero attached hydrogens (tertiary/aromatic N) is 6. The van der Waals surface area contributed by atoms with Crippen LogP contribution in [0.2, 0.25) is 0 Å². The standard InChI is InChI=1S/C32H35N7O4/c1-31(2,41)19-43-25-9-26(29-23(12-33)14-36-39(29)18-25)20-5-7-27(34-13-20)38-16-21-10-32(3,11-22(21)17-38)30(40)37-24-6-8-28(42-4)35-15-24/h5-9,13-15,18,21-22,41H,10-11,16-17,19H2,1-4H3,(H,37,40)/t21-,22+,32-. The number of amides is 1. The van der Waals surface area contributed by atoms with Gasteiger partial charge in [-0.2, -0.15) is 10.4 Å². The number of hydrogen-bond acceptors (Lipinski definition) is 9. The summed E-state index contributed by atoms with van der Waals surface area (Å²) in [4.78, 5) is 24.5. The summed E-state index contributed by atoms with van der Waals surface area (Å²) in [5.41, 5.74) is 1.96. The molecular formula is C32H35N7O4. The molecule has 3 atom stereocenters. The predicted molar refractivity (Wildman–Crippen MR) is 161 cm³/mol. The minimum absolute atomic E-state index is 0.0274. The quantitative estimate of drug-likeness (QED) is 0.312. The molecule has 5 heterocycles. The number of hydrogen-bond donors (Lipinski definition) is 2. The summed E-state index contributed by atoms with van der Waals surface area (Å²) in [6.07, 6.45) is 8.30.